The summed E-state index contributed by atoms with van der Waals surface area (Å²) in [4.78, 5) is 24.1. The fourth-order valence-electron chi connectivity index (χ4n) is 2.30. The van der Waals surface area contributed by atoms with Crippen LogP contribution in [-0.2, 0) is 27.4 Å². The second-order valence-electron chi connectivity index (χ2n) is 5.64. The molecule has 6 nitrogen and oxygen atoms in total. The lowest BCUT2D eigenvalue weighted by atomic mass is 10.1. The number of halogens is 1. The number of amides is 1. The predicted octanol–water partition coefficient (Wildman–Crippen LogP) is 3.36. The van der Waals surface area contributed by atoms with Gasteiger partial charge >= 0.3 is 5.97 Å². The standard InChI is InChI=1S/C20H22ClNO5/c1-3-26-12-16-10-15(6-9-18(16)25-2)20(24)27-13-19(23)22-11-14-4-7-17(21)8-5-14/h4-10H,3,11-13H2,1-2H3,(H,22,23). The number of carbonyl (C=O) groups is 2. The Morgan fingerprint density at radius 3 is 2.52 bits per heavy atom. The van der Waals surface area contributed by atoms with E-state index < -0.39 is 5.97 Å². The van der Waals surface area contributed by atoms with Crippen molar-refractivity contribution in [3.05, 3.63) is 64.2 Å². The molecule has 27 heavy (non-hydrogen) atoms. The highest BCUT2D eigenvalue weighted by Crippen LogP contribution is 2.21. The number of ether oxygens (including phenoxy) is 3. The lowest BCUT2D eigenvalue weighted by molar-refractivity contribution is -0.124. The Bertz CT molecular complexity index is 776. The molecule has 0 aromatic heterocycles. The molecule has 0 aliphatic heterocycles. The van der Waals surface area contributed by atoms with E-state index in [1.54, 1.807) is 37.4 Å². The third-order valence-electron chi connectivity index (χ3n) is 3.72. The van der Waals surface area contributed by atoms with Crippen LogP contribution >= 0.6 is 11.6 Å². The minimum Gasteiger partial charge on any atom is -0.496 e. The Balaban J connectivity index is 1.86. The van der Waals surface area contributed by atoms with Crippen LogP contribution in [0.25, 0.3) is 0 Å². The largest absolute Gasteiger partial charge is 0.496 e. The fourth-order valence-corrected chi connectivity index (χ4v) is 2.42. The molecule has 1 amide bonds. The van der Waals surface area contributed by atoms with Gasteiger partial charge in [-0.1, -0.05) is 23.7 Å². The van der Waals surface area contributed by atoms with Crippen molar-refractivity contribution in [2.24, 2.45) is 0 Å². The molecule has 0 spiro atoms. The number of hydrogen-bond donors (Lipinski definition) is 1. The van der Waals surface area contributed by atoms with Gasteiger partial charge in [-0.3, -0.25) is 4.79 Å². The minimum absolute atomic E-state index is 0.322. The number of rotatable bonds is 9. The van der Waals surface area contributed by atoms with Gasteiger partial charge in [0.25, 0.3) is 5.91 Å². The van der Waals surface area contributed by atoms with Gasteiger partial charge in [-0.2, -0.15) is 0 Å². The van der Waals surface area contributed by atoms with Crippen molar-refractivity contribution in [3.63, 3.8) is 0 Å². The molecule has 7 heteroatoms. The Morgan fingerprint density at radius 2 is 1.85 bits per heavy atom. The minimum atomic E-state index is -0.586. The number of nitrogens with one attached hydrogen (secondary N) is 1. The Morgan fingerprint density at radius 1 is 1.11 bits per heavy atom. The third kappa shape index (κ3) is 6.58. The van der Waals surface area contributed by atoms with E-state index in [-0.39, 0.29) is 12.5 Å². The van der Waals surface area contributed by atoms with Crippen LogP contribution in [0.4, 0.5) is 0 Å². The van der Waals surface area contributed by atoms with Crippen LogP contribution in [0, 0.1) is 0 Å². The van der Waals surface area contributed by atoms with Crippen LogP contribution in [0.15, 0.2) is 42.5 Å². The zero-order valence-electron chi connectivity index (χ0n) is 15.3. The Hall–Kier alpha value is -2.57. The van der Waals surface area contributed by atoms with Gasteiger partial charge in [0.05, 0.1) is 19.3 Å². The maximum atomic E-state index is 12.2. The van der Waals surface area contributed by atoms with Crippen molar-refractivity contribution in [1.29, 1.82) is 0 Å². The van der Waals surface area contributed by atoms with Gasteiger partial charge in [-0.25, -0.2) is 4.79 Å². The van der Waals surface area contributed by atoms with Gasteiger partial charge in [0.15, 0.2) is 6.61 Å². The molecule has 2 aromatic rings. The van der Waals surface area contributed by atoms with E-state index in [0.717, 1.165) is 11.1 Å². The van der Waals surface area contributed by atoms with Gasteiger partial charge in [0, 0.05) is 23.7 Å². The first kappa shape index (κ1) is 20.7. The van der Waals surface area contributed by atoms with E-state index >= 15 is 0 Å². The molecule has 0 radical (unpaired) electrons. The maximum Gasteiger partial charge on any atom is 0.338 e. The van der Waals surface area contributed by atoms with E-state index in [9.17, 15) is 9.59 Å². The molecular formula is C20H22ClNO5. The summed E-state index contributed by atoms with van der Waals surface area (Å²) in [6, 6.07) is 12.0. The topological polar surface area (TPSA) is 73.9 Å². The summed E-state index contributed by atoms with van der Waals surface area (Å²) >= 11 is 5.81. The lowest BCUT2D eigenvalue weighted by Gasteiger charge is -2.11. The smallest absolute Gasteiger partial charge is 0.338 e. The van der Waals surface area contributed by atoms with E-state index in [4.69, 9.17) is 25.8 Å². The molecule has 0 saturated carbocycles. The summed E-state index contributed by atoms with van der Waals surface area (Å²) < 4.78 is 15.7. The highest BCUT2D eigenvalue weighted by molar-refractivity contribution is 6.30. The third-order valence-corrected chi connectivity index (χ3v) is 3.97. The Labute approximate surface area is 163 Å². The van der Waals surface area contributed by atoms with Crippen molar-refractivity contribution in [1.82, 2.24) is 5.32 Å². The molecule has 0 aliphatic carbocycles. The van der Waals surface area contributed by atoms with Crippen LogP contribution in [-0.4, -0.2) is 32.2 Å². The highest BCUT2D eigenvalue weighted by atomic mass is 35.5. The summed E-state index contributed by atoms with van der Waals surface area (Å²) in [5, 5.41) is 3.31. The van der Waals surface area contributed by atoms with E-state index in [2.05, 4.69) is 5.32 Å². The summed E-state index contributed by atoms with van der Waals surface area (Å²) in [5.41, 5.74) is 1.96. The van der Waals surface area contributed by atoms with Gasteiger partial charge in [-0.05, 0) is 42.8 Å². The van der Waals surface area contributed by atoms with E-state index in [0.29, 0.717) is 36.1 Å². The predicted molar refractivity (Wildman–Crippen MR) is 102 cm³/mol. The molecule has 2 aromatic carbocycles. The molecule has 0 fully saturated rings. The second kappa shape index (κ2) is 10.5. The van der Waals surface area contributed by atoms with Crippen LogP contribution in [0.1, 0.15) is 28.4 Å². The number of benzene rings is 2. The molecule has 0 saturated heterocycles. The SMILES string of the molecule is CCOCc1cc(C(=O)OCC(=O)NCc2ccc(Cl)cc2)ccc1OC. The fraction of sp³-hybridized carbons (Fsp3) is 0.300. The molecule has 0 heterocycles. The molecule has 1 N–H and O–H groups in total. The van der Waals surface area contributed by atoms with Crippen LogP contribution in [0.2, 0.25) is 5.02 Å². The van der Waals surface area contributed by atoms with E-state index in [1.165, 1.54) is 0 Å². The number of esters is 1. The number of hydrogen-bond acceptors (Lipinski definition) is 5. The first-order valence-corrected chi connectivity index (χ1v) is 8.84. The maximum absolute atomic E-state index is 12.2. The first-order chi connectivity index (χ1) is 13.0. The first-order valence-electron chi connectivity index (χ1n) is 8.46. The molecule has 0 bridgehead atoms. The van der Waals surface area contributed by atoms with Crippen molar-refractivity contribution in [3.8, 4) is 5.75 Å². The van der Waals surface area contributed by atoms with Crippen LogP contribution in [0.3, 0.4) is 0 Å². The van der Waals surface area contributed by atoms with Crippen molar-refractivity contribution in [2.75, 3.05) is 20.3 Å². The Kier molecular flexibility index (Phi) is 8.10. The molecule has 2 rings (SSSR count). The summed E-state index contributed by atoms with van der Waals surface area (Å²) in [6.07, 6.45) is 0. The zero-order valence-corrected chi connectivity index (χ0v) is 16.0. The van der Waals surface area contributed by atoms with Gasteiger partial charge in [0.2, 0.25) is 0 Å². The normalized spacial score (nSPS) is 10.3. The molecule has 0 unspecified atom stereocenters. The average molecular weight is 392 g/mol. The molecule has 144 valence electrons. The van der Waals surface area contributed by atoms with Crippen molar-refractivity contribution in [2.45, 2.75) is 20.1 Å². The van der Waals surface area contributed by atoms with Gasteiger partial charge < -0.3 is 19.5 Å². The number of methoxy groups -OCH3 is 1. The summed E-state index contributed by atoms with van der Waals surface area (Å²) in [5.74, 6) is -0.348. The lowest BCUT2D eigenvalue weighted by Crippen LogP contribution is -2.28. The average Bonchev–Trinajstić information content (AvgIpc) is 2.69. The monoisotopic (exact) mass is 391 g/mol. The van der Waals surface area contributed by atoms with Crippen molar-refractivity contribution < 1.29 is 23.8 Å². The molecule has 0 atom stereocenters. The molecular weight excluding hydrogens is 370 g/mol. The number of carbonyl (C=O) groups excluding carboxylic acids is 2. The summed E-state index contributed by atoms with van der Waals surface area (Å²) in [7, 11) is 1.55. The zero-order chi connectivity index (χ0) is 19.6. The quantitative estimate of drug-likeness (QED) is 0.663. The second-order valence-corrected chi connectivity index (χ2v) is 6.08. The van der Waals surface area contributed by atoms with Crippen molar-refractivity contribution >= 4 is 23.5 Å². The molecule has 0 aliphatic rings. The van der Waals surface area contributed by atoms with E-state index in [1.807, 2.05) is 19.1 Å². The van der Waals surface area contributed by atoms with Crippen LogP contribution in [0.5, 0.6) is 5.75 Å². The van der Waals surface area contributed by atoms with Crippen LogP contribution < -0.4 is 10.1 Å². The van der Waals surface area contributed by atoms with Gasteiger partial charge in [0.1, 0.15) is 5.75 Å². The summed E-state index contributed by atoms with van der Waals surface area (Å²) in [6.45, 7) is 2.72. The highest BCUT2D eigenvalue weighted by Gasteiger charge is 2.13. The van der Waals surface area contributed by atoms with Gasteiger partial charge in [-0.15, -0.1) is 0 Å².